The molecule has 1 aliphatic rings. The number of halogens is 1. The van der Waals surface area contributed by atoms with Crippen molar-refractivity contribution in [1.82, 2.24) is 5.32 Å². The van der Waals surface area contributed by atoms with Crippen molar-refractivity contribution in [3.63, 3.8) is 0 Å². The predicted molar refractivity (Wildman–Crippen MR) is 62.5 cm³/mol. The van der Waals surface area contributed by atoms with E-state index in [0.29, 0.717) is 18.4 Å². The summed E-state index contributed by atoms with van der Waals surface area (Å²) in [4.78, 5) is 21.9. The molecule has 0 radical (unpaired) electrons. The van der Waals surface area contributed by atoms with Crippen LogP contribution in [0, 0.1) is 5.82 Å². The summed E-state index contributed by atoms with van der Waals surface area (Å²) < 4.78 is 13.5. The fourth-order valence-electron chi connectivity index (χ4n) is 2.25. The number of carboxylic acid groups (broad SMARTS) is 1. The number of carbonyl (C=O) groups is 2. The quantitative estimate of drug-likeness (QED) is 0.857. The van der Waals surface area contributed by atoms with E-state index >= 15 is 0 Å². The summed E-state index contributed by atoms with van der Waals surface area (Å²) in [6.07, 6.45) is 1.03. The Balaban J connectivity index is 1.99. The molecule has 0 aliphatic heterocycles. The molecule has 1 aromatic carbocycles. The largest absolute Gasteiger partial charge is 0.481 e. The maximum Gasteiger partial charge on any atom is 0.303 e. The molecule has 4 nitrogen and oxygen atoms in total. The third-order valence-electron chi connectivity index (χ3n) is 3.11. The second kappa shape index (κ2) is 5.16. The van der Waals surface area contributed by atoms with Crippen molar-refractivity contribution in [3.8, 4) is 0 Å². The van der Waals surface area contributed by atoms with Crippen molar-refractivity contribution in [2.45, 2.75) is 31.7 Å². The second-order valence-electron chi connectivity index (χ2n) is 4.36. The summed E-state index contributed by atoms with van der Waals surface area (Å²) >= 11 is 0. The number of rotatable bonds is 4. The molecule has 96 valence electrons. The van der Waals surface area contributed by atoms with E-state index in [4.69, 9.17) is 5.11 Å². The molecule has 1 atom stereocenters. The Bertz CT molecular complexity index is 487. The number of amides is 1. The van der Waals surface area contributed by atoms with Crippen LogP contribution in [0.4, 0.5) is 4.39 Å². The molecule has 2 rings (SSSR count). The van der Waals surface area contributed by atoms with Crippen molar-refractivity contribution in [3.05, 3.63) is 35.1 Å². The number of fused-ring (bicyclic) bond motifs is 1. The zero-order valence-electron chi connectivity index (χ0n) is 9.78. The monoisotopic (exact) mass is 251 g/mol. The molecule has 1 aromatic rings. The lowest BCUT2D eigenvalue weighted by Crippen LogP contribution is -2.27. The van der Waals surface area contributed by atoms with Crippen LogP contribution in [0.5, 0.6) is 0 Å². The highest BCUT2D eigenvalue weighted by atomic mass is 19.1. The van der Waals surface area contributed by atoms with Crippen LogP contribution in [0.1, 0.15) is 36.4 Å². The Morgan fingerprint density at radius 2 is 2.17 bits per heavy atom. The number of benzene rings is 1. The summed E-state index contributed by atoms with van der Waals surface area (Å²) in [7, 11) is 0. The van der Waals surface area contributed by atoms with Gasteiger partial charge in [-0.15, -0.1) is 0 Å². The molecule has 0 heterocycles. The first-order chi connectivity index (χ1) is 8.58. The van der Waals surface area contributed by atoms with E-state index < -0.39 is 5.97 Å². The number of nitrogens with one attached hydrogen (secondary N) is 1. The Morgan fingerprint density at radius 1 is 1.39 bits per heavy atom. The van der Waals surface area contributed by atoms with Gasteiger partial charge in [-0.05, 0) is 30.0 Å². The van der Waals surface area contributed by atoms with E-state index in [1.54, 1.807) is 12.1 Å². The van der Waals surface area contributed by atoms with Gasteiger partial charge < -0.3 is 10.4 Å². The lowest BCUT2D eigenvalue weighted by Gasteiger charge is -2.13. The third kappa shape index (κ3) is 2.67. The van der Waals surface area contributed by atoms with E-state index in [2.05, 4.69) is 5.32 Å². The molecular formula is C13H14FNO3. The van der Waals surface area contributed by atoms with Gasteiger partial charge in [-0.25, -0.2) is 4.39 Å². The maximum atomic E-state index is 13.5. The fourth-order valence-corrected chi connectivity index (χ4v) is 2.25. The summed E-state index contributed by atoms with van der Waals surface area (Å²) in [5.74, 6) is -1.54. The SMILES string of the molecule is O=C(O)CCC(=O)NC1CCc2c(F)cccc21. The number of hydrogen-bond acceptors (Lipinski definition) is 2. The Morgan fingerprint density at radius 3 is 2.89 bits per heavy atom. The van der Waals surface area contributed by atoms with Crippen LogP contribution in [-0.2, 0) is 16.0 Å². The van der Waals surface area contributed by atoms with Crippen LogP contribution >= 0.6 is 0 Å². The molecule has 1 aliphatic carbocycles. The highest BCUT2D eigenvalue weighted by Gasteiger charge is 2.25. The van der Waals surface area contributed by atoms with Crippen molar-refractivity contribution in [2.75, 3.05) is 0 Å². The number of carbonyl (C=O) groups excluding carboxylic acids is 1. The van der Waals surface area contributed by atoms with Crippen molar-refractivity contribution >= 4 is 11.9 Å². The zero-order chi connectivity index (χ0) is 13.1. The summed E-state index contributed by atoms with van der Waals surface area (Å²) in [6, 6.07) is 4.63. The van der Waals surface area contributed by atoms with E-state index in [1.807, 2.05) is 0 Å². The average Bonchev–Trinajstić information content (AvgIpc) is 2.72. The van der Waals surface area contributed by atoms with Gasteiger partial charge in [-0.3, -0.25) is 9.59 Å². The Hall–Kier alpha value is -1.91. The van der Waals surface area contributed by atoms with E-state index in [9.17, 15) is 14.0 Å². The van der Waals surface area contributed by atoms with Gasteiger partial charge in [0.1, 0.15) is 5.82 Å². The Labute approximate surface area is 104 Å². The van der Waals surface area contributed by atoms with E-state index in [-0.39, 0.29) is 30.6 Å². The number of carboxylic acids is 1. The molecule has 0 saturated carbocycles. The highest BCUT2D eigenvalue weighted by molar-refractivity contribution is 5.81. The molecule has 1 unspecified atom stereocenters. The number of aliphatic carboxylic acids is 1. The zero-order valence-corrected chi connectivity index (χ0v) is 9.78. The molecule has 0 fully saturated rings. The molecular weight excluding hydrogens is 237 g/mol. The molecule has 0 spiro atoms. The minimum Gasteiger partial charge on any atom is -0.481 e. The number of hydrogen-bond donors (Lipinski definition) is 2. The van der Waals surface area contributed by atoms with Gasteiger partial charge >= 0.3 is 5.97 Å². The minimum absolute atomic E-state index is 0.0452. The van der Waals surface area contributed by atoms with Crippen molar-refractivity contribution in [2.24, 2.45) is 0 Å². The first-order valence-corrected chi connectivity index (χ1v) is 5.86. The van der Waals surface area contributed by atoms with Crippen molar-refractivity contribution < 1.29 is 19.1 Å². The molecule has 5 heteroatoms. The molecule has 0 aromatic heterocycles. The van der Waals surface area contributed by atoms with Gasteiger partial charge in [0.25, 0.3) is 0 Å². The summed E-state index contributed by atoms with van der Waals surface area (Å²) in [5, 5.41) is 11.2. The second-order valence-corrected chi connectivity index (χ2v) is 4.36. The summed E-state index contributed by atoms with van der Waals surface area (Å²) in [5.41, 5.74) is 1.46. The average molecular weight is 251 g/mol. The molecule has 0 bridgehead atoms. The van der Waals surface area contributed by atoms with Gasteiger partial charge in [-0.2, -0.15) is 0 Å². The smallest absolute Gasteiger partial charge is 0.303 e. The fraction of sp³-hybridized carbons (Fsp3) is 0.385. The van der Waals surface area contributed by atoms with Crippen LogP contribution < -0.4 is 5.32 Å². The molecule has 2 N–H and O–H groups in total. The topological polar surface area (TPSA) is 66.4 Å². The normalized spacial score (nSPS) is 17.3. The van der Waals surface area contributed by atoms with Crippen LogP contribution in [-0.4, -0.2) is 17.0 Å². The van der Waals surface area contributed by atoms with Crippen LogP contribution in [0.25, 0.3) is 0 Å². The first-order valence-electron chi connectivity index (χ1n) is 5.86. The van der Waals surface area contributed by atoms with E-state index in [1.165, 1.54) is 6.07 Å². The highest BCUT2D eigenvalue weighted by Crippen LogP contribution is 2.32. The predicted octanol–water partition coefficient (Wildman–Crippen LogP) is 1.79. The van der Waals surface area contributed by atoms with Gasteiger partial charge in [0.2, 0.25) is 5.91 Å². The lowest BCUT2D eigenvalue weighted by atomic mass is 10.1. The van der Waals surface area contributed by atoms with Gasteiger partial charge in [0.05, 0.1) is 12.5 Å². The molecule has 0 saturated heterocycles. The first kappa shape index (κ1) is 12.5. The standard InChI is InChI=1S/C13H14FNO3/c14-10-3-1-2-9-8(10)4-5-11(9)15-12(16)6-7-13(17)18/h1-3,11H,4-7H2,(H,15,16)(H,17,18). The Kier molecular flexibility index (Phi) is 3.60. The van der Waals surface area contributed by atoms with Crippen molar-refractivity contribution in [1.29, 1.82) is 0 Å². The molecule has 18 heavy (non-hydrogen) atoms. The van der Waals surface area contributed by atoms with Gasteiger partial charge in [0.15, 0.2) is 0 Å². The van der Waals surface area contributed by atoms with Crippen LogP contribution in [0.2, 0.25) is 0 Å². The summed E-state index contributed by atoms with van der Waals surface area (Å²) in [6.45, 7) is 0. The van der Waals surface area contributed by atoms with Crippen LogP contribution in [0.15, 0.2) is 18.2 Å². The molecule has 1 amide bonds. The minimum atomic E-state index is -0.997. The van der Waals surface area contributed by atoms with Crippen LogP contribution in [0.3, 0.4) is 0 Å². The van der Waals surface area contributed by atoms with E-state index in [0.717, 1.165) is 5.56 Å². The van der Waals surface area contributed by atoms with Gasteiger partial charge in [0, 0.05) is 6.42 Å². The lowest BCUT2D eigenvalue weighted by molar-refractivity contribution is -0.138. The van der Waals surface area contributed by atoms with Gasteiger partial charge in [-0.1, -0.05) is 12.1 Å². The third-order valence-corrected chi connectivity index (χ3v) is 3.11. The maximum absolute atomic E-state index is 13.5.